The van der Waals surface area contributed by atoms with Crippen LogP contribution in [0.3, 0.4) is 0 Å². The summed E-state index contributed by atoms with van der Waals surface area (Å²) >= 11 is 0. The van der Waals surface area contributed by atoms with Gasteiger partial charge in [-0.15, -0.1) is 0 Å². The highest BCUT2D eigenvalue weighted by Crippen LogP contribution is 2.15. The highest BCUT2D eigenvalue weighted by atomic mass is 15.1. The third-order valence-electron chi connectivity index (χ3n) is 9.48. The third-order valence-corrected chi connectivity index (χ3v) is 9.48. The Kier molecular flexibility index (Phi) is 37.9. The van der Waals surface area contributed by atoms with Crippen LogP contribution in [0, 0.1) is 0 Å². The van der Waals surface area contributed by atoms with Gasteiger partial charge in [0.25, 0.3) is 0 Å². The molecule has 1 nitrogen and oxygen atoms in total. The maximum atomic E-state index is 2.85. The maximum absolute atomic E-state index is 2.85. The Bertz CT molecular complexity index is 413. The van der Waals surface area contributed by atoms with E-state index in [1.807, 2.05) is 0 Å². The molecule has 0 rings (SSSR count). The molecule has 0 saturated heterocycles. The Hall–Kier alpha value is -0.0400. The van der Waals surface area contributed by atoms with Gasteiger partial charge in [-0.3, -0.25) is 0 Å². The molecule has 0 bridgehead atoms. The Morgan fingerprint density at radius 2 is 0.341 bits per heavy atom. The van der Waals surface area contributed by atoms with E-state index in [1.165, 1.54) is 238 Å². The van der Waals surface area contributed by atoms with Crippen LogP contribution >= 0.6 is 0 Å². The zero-order chi connectivity index (χ0) is 29.7. The van der Waals surface area contributed by atoms with Gasteiger partial charge < -0.3 is 4.90 Å². The van der Waals surface area contributed by atoms with E-state index in [1.54, 1.807) is 0 Å². The first-order valence-corrected chi connectivity index (χ1v) is 20.1. The SMILES string of the molecule is CCCCCCCCCCCCCCCCCCCCN(CCCCCCCCCC)CCCCCCCCCC. The highest BCUT2D eigenvalue weighted by molar-refractivity contribution is 4.61. The Morgan fingerprint density at radius 3 is 0.512 bits per heavy atom. The van der Waals surface area contributed by atoms with E-state index < -0.39 is 0 Å². The summed E-state index contributed by atoms with van der Waals surface area (Å²) in [5.41, 5.74) is 0. The van der Waals surface area contributed by atoms with E-state index in [-0.39, 0.29) is 0 Å². The molecule has 0 aromatic heterocycles. The van der Waals surface area contributed by atoms with Gasteiger partial charge in [0.15, 0.2) is 0 Å². The lowest BCUT2D eigenvalue weighted by atomic mass is 10.0. The van der Waals surface area contributed by atoms with Gasteiger partial charge in [-0.25, -0.2) is 0 Å². The molecule has 0 aromatic carbocycles. The normalized spacial score (nSPS) is 11.7. The number of hydrogen-bond acceptors (Lipinski definition) is 1. The summed E-state index contributed by atoms with van der Waals surface area (Å²) in [6.07, 6.45) is 49.6. The van der Waals surface area contributed by atoms with E-state index in [0.29, 0.717) is 0 Å². The number of unbranched alkanes of at least 4 members (excludes halogenated alkanes) is 31. The van der Waals surface area contributed by atoms with Crippen molar-refractivity contribution in [3.8, 4) is 0 Å². The first-order chi connectivity index (χ1) is 20.3. The van der Waals surface area contributed by atoms with E-state index in [9.17, 15) is 0 Å². The fourth-order valence-corrected chi connectivity index (χ4v) is 6.51. The fraction of sp³-hybridized carbons (Fsp3) is 1.00. The molecular formula is C40H83N. The van der Waals surface area contributed by atoms with Crippen molar-refractivity contribution in [1.82, 2.24) is 4.90 Å². The minimum atomic E-state index is 1.37. The predicted molar refractivity (Wildman–Crippen MR) is 190 cm³/mol. The van der Waals surface area contributed by atoms with Gasteiger partial charge in [0.05, 0.1) is 0 Å². The molecular weight excluding hydrogens is 494 g/mol. The molecule has 0 atom stereocenters. The summed E-state index contributed by atoms with van der Waals surface area (Å²) in [7, 11) is 0. The summed E-state index contributed by atoms with van der Waals surface area (Å²) < 4.78 is 0. The molecule has 0 unspecified atom stereocenters. The van der Waals surface area contributed by atoms with Gasteiger partial charge in [-0.05, 0) is 38.9 Å². The molecule has 0 aliphatic carbocycles. The first kappa shape index (κ1) is 41.0. The Balaban J connectivity index is 3.71. The van der Waals surface area contributed by atoms with E-state index in [4.69, 9.17) is 0 Å². The second-order valence-corrected chi connectivity index (χ2v) is 13.8. The average Bonchev–Trinajstić information content (AvgIpc) is 2.98. The molecule has 0 saturated carbocycles. The molecule has 0 aromatic rings. The topological polar surface area (TPSA) is 3.24 Å². The summed E-state index contributed by atoms with van der Waals surface area (Å²) in [4.78, 5) is 2.85. The molecule has 0 spiro atoms. The lowest BCUT2D eigenvalue weighted by Gasteiger charge is -2.22. The van der Waals surface area contributed by atoms with E-state index >= 15 is 0 Å². The fourth-order valence-electron chi connectivity index (χ4n) is 6.51. The van der Waals surface area contributed by atoms with Crippen molar-refractivity contribution in [2.45, 2.75) is 239 Å². The third kappa shape index (κ3) is 36.1. The number of rotatable bonds is 37. The molecule has 1 heteroatoms. The van der Waals surface area contributed by atoms with Crippen LogP contribution in [0.4, 0.5) is 0 Å². The van der Waals surface area contributed by atoms with Gasteiger partial charge in [0.2, 0.25) is 0 Å². The molecule has 0 aliphatic heterocycles. The first-order valence-electron chi connectivity index (χ1n) is 20.1. The van der Waals surface area contributed by atoms with Crippen LogP contribution in [-0.4, -0.2) is 24.5 Å². The zero-order valence-electron chi connectivity index (χ0n) is 29.6. The van der Waals surface area contributed by atoms with Crippen molar-refractivity contribution < 1.29 is 0 Å². The van der Waals surface area contributed by atoms with Crippen molar-refractivity contribution in [1.29, 1.82) is 0 Å². The maximum Gasteiger partial charge on any atom is -0.00187 e. The summed E-state index contributed by atoms with van der Waals surface area (Å²) in [6.45, 7) is 11.1. The molecule has 0 amide bonds. The van der Waals surface area contributed by atoms with Crippen LogP contribution in [0.1, 0.15) is 239 Å². The predicted octanol–water partition coefficient (Wildman–Crippen LogP) is 14.6. The zero-order valence-corrected chi connectivity index (χ0v) is 29.6. The van der Waals surface area contributed by atoms with Crippen molar-refractivity contribution in [2.24, 2.45) is 0 Å². The van der Waals surface area contributed by atoms with Gasteiger partial charge in [0.1, 0.15) is 0 Å². The van der Waals surface area contributed by atoms with Crippen LogP contribution in [0.25, 0.3) is 0 Å². The lowest BCUT2D eigenvalue weighted by Crippen LogP contribution is -2.27. The molecule has 248 valence electrons. The van der Waals surface area contributed by atoms with Crippen molar-refractivity contribution in [3.63, 3.8) is 0 Å². The van der Waals surface area contributed by atoms with E-state index in [0.717, 1.165) is 0 Å². The molecule has 0 fully saturated rings. The molecule has 0 aliphatic rings. The standard InChI is InChI=1S/C40H83N/c1-4-7-10-13-16-19-20-21-22-23-24-25-26-27-28-31-34-37-40-41(38-35-32-29-17-14-11-8-5-2)39-36-33-30-18-15-12-9-6-3/h4-40H2,1-3H3. The molecule has 0 heterocycles. The van der Waals surface area contributed by atoms with E-state index in [2.05, 4.69) is 25.7 Å². The summed E-state index contributed by atoms with van der Waals surface area (Å²) in [5.74, 6) is 0. The van der Waals surface area contributed by atoms with Crippen molar-refractivity contribution >= 4 is 0 Å². The number of hydrogen-bond donors (Lipinski definition) is 0. The highest BCUT2D eigenvalue weighted by Gasteiger charge is 2.05. The van der Waals surface area contributed by atoms with Gasteiger partial charge in [-0.2, -0.15) is 0 Å². The van der Waals surface area contributed by atoms with Crippen LogP contribution in [0.5, 0.6) is 0 Å². The largest absolute Gasteiger partial charge is 0.303 e. The van der Waals surface area contributed by atoms with Crippen LogP contribution in [0.15, 0.2) is 0 Å². The van der Waals surface area contributed by atoms with Crippen LogP contribution < -0.4 is 0 Å². The molecule has 0 N–H and O–H groups in total. The van der Waals surface area contributed by atoms with Crippen molar-refractivity contribution in [3.05, 3.63) is 0 Å². The minimum Gasteiger partial charge on any atom is -0.303 e. The quantitative estimate of drug-likeness (QED) is 0.0664. The Morgan fingerprint density at radius 1 is 0.195 bits per heavy atom. The smallest absolute Gasteiger partial charge is 0.00187 e. The van der Waals surface area contributed by atoms with Gasteiger partial charge in [-0.1, -0.05) is 220 Å². The molecule has 41 heavy (non-hydrogen) atoms. The molecule has 0 radical (unpaired) electrons. The van der Waals surface area contributed by atoms with Crippen LogP contribution in [-0.2, 0) is 0 Å². The minimum absolute atomic E-state index is 1.37. The lowest BCUT2D eigenvalue weighted by molar-refractivity contribution is 0.254. The Labute approximate surface area is 263 Å². The van der Waals surface area contributed by atoms with Crippen LogP contribution in [0.2, 0.25) is 0 Å². The average molecular weight is 578 g/mol. The summed E-state index contributed by atoms with van der Waals surface area (Å²) in [6, 6.07) is 0. The second kappa shape index (κ2) is 38.0. The summed E-state index contributed by atoms with van der Waals surface area (Å²) in [5, 5.41) is 0. The van der Waals surface area contributed by atoms with Gasteiger partial charge in [0, 0.05) is 0 Å². The monoisotopic (exact) mass is 578 g/mol. The van der Waals surface area contributed by atoms with Gasteiger partial charge >= 0.3 is 0 Å². The second-order valence-electron chi connectivity index (χ2n) is 13.8. The van der Waals surface area contributed by atoms with Crippen molar-refractivity contribution in [2.75, 3.05) is 19.6 Å². The number of nitrogens with zero attached hydrogens (tertiary/aromatic N) is 1.